The average molecular weight is 604 g/mol. The molecule has 1 unspecified atom stereocenters. The predicted octanol–water partition coefficient (Wildman–Crippen LogP) is 7.08. The van der Waals surface area contributed by atoms with E-state index in [2.05, 4.69) is 33.0 Å². The molecule has 0 saturated carbocycles. The summed E-state index contributed by atoms with van der Waals surface area (Å²) in [5.41, 5.74) is 2.62. The molecular weight excluding hydrogens is 580 g/mol. The van der Waals surface area contributed by atoms with Crippen LogP contribution < -0.4 is 14.5 Å². The first-order chi connectivity index (χ1) is 17.1. The van der Waals surface area contributed by atoms with Crippen LogP contribution >= 0.6 is 28.4 Å². The standard InChI is InChI=1S/C26H24F2IN4OP/c27-21-9-7-19(8-10-21)17-32(25-16-26(31-13-4-14-31)33(30-25)35-29)22-11-12-23(28)24(15-22)34-18-20-5-2-1-3-6-20/h1-3,5-12,15-16,35H,4,13-14,17-18H2. The van der Waals surface area contributed by atoms with Crippen LogP contribution in [0.4, 0.5) is 26.1 Å². The molecule has 5 rings (SSSR count). The molecule has 0 spiro atoms. The van der Waals surface area contributed by atoms with E-state index in [9.17, 15) is 8.78 Å². The molecule has 3 aromatic carbocycles. The molecule has 1 aliphatic heterocycles. The predicted molar refractivity (Wildman–Crippen MR) is 146 cm³/mol. The second kappa shape index (κ2) is 10.9. The Morgan fingerprint density at radius 1 is 0.943 bits per heavy atom. The number of hydrogen-bond acceptors (Lipinski definition) is 4. The number of halogens is 3. The summed E-state index contributed by atoms with van der Waals surface area (Å²) in [7, 11) is 0. The maximum atomic E-state index is 14.7. The van der Waals surface area contributed by atoms with Gasteiger partial charge in [0, 0.05) is 37.5 Å². The molecule has 1 aliphatic rings. The van der Waals surface area contributed by atoms with Crippen molar-refractivity contribution in [1.82, 2.24) is 9.55 Å². The summed E-state index contributed by atoms with van der Waals surface area (Å²) in [6.07, 6.45) is 1.62. The highest BCUT2D eigenvalue weighted by atomic mass is 127. The van der Waals surface area contributed by atoms with E-state index in [4.69, 9.17) is 9.84 Å². The molecule has 35 heavy (non-hydrogen) atoms. The van der Waals surface area contributed by atoms with Crippen LogP contribution in [0.5, 0.6) is 5.75 Å². The van der Waals surface area contributed by atoms with Gasteiger partial charge >= 0.3 is 0 Å². The molecule has 2 heterocycles. The Morgan fingerprint density at radius 2 is 1.71 bits per heavy atom. The van der Waals surface area contributed by atoms with Crippen molar-refractivity contribution in [2.45, 2.75) is 19.6 Å². The van der Waals surface area contributed by atoms with E-state index < -0.39 is 5.82 Å². The van der Waals surface area contributed by atoms with Crippen molar-refractivity contribution in [3.8, 4) is 5.75 Å². The first-order valence-electron chi connectivity index (χ1n) is 11.3. The van der Waals surface area contributed by atoms with Crippen LogP contribution in [-0.2, 0) is 13.2 Å². The molecule has 1 saturated heterocycles. The SMILES string of the molecule is Fc1ccc(CN(c2ccc(F)c(OCc3ccccc3)c2)c2cc(N3CCC3)n(PI)n2)cc1. The summed E-state index contributed by atoms with van der Waals surface area (Å²) in [6.45, 7) is 2.74. The third-order valence-corrected chi connectivity index (χ3v) is 7.79. The minimum atomic E-state index is -0.424. The molecule has 1 fully saturated rings. The van der Waals surface area contributed by atoms with Crippen molar-refractivity contribution in [1.29, 1.82) is 0 Å². The number of hydrogen-bond donors (Lipinski definition) is 0. The van der Waals surface area contributed by atoms with Gasteiger partial charge in [0.1, 0.15) is 18.2 Å². The van der Waals surface area contributed by atoms with E-state index in [0.29, 0.717) is 12.9 Å². The van der Waals surface area contributed by atoms with E-state index in [1.807, 2.05) is 39.7 Å². The Bertz CT molecular complexity index is 1280. The molecule has 9 heteroatoms. The molecule has 0 bridgehead atoms. The summed E-state index contributed by atoms with van der Waals surface area (Å²) < 4.78 is 36.1. The Balaban J connectivity index is 1.49. The van der Waals surface area contributed by atoms with Gasteiger partial charge in [-0.25, -0.2) is 13.2 Å². The molecule has 5 nitrogen and oxygen atoms in total. The maximum absolute atomic E-state index is 14.7. The minimum absolute atomic E-state index is 0.175. The van der Waals surface area contributed by atoms with Crippen molar-refractivity contribution < 1.29 is 13.5 Å². The van der Waals surface area contributed by atoms with Crippen LogP contribution in [0.2, 0.25) is 0 Å². The Hall–Kier alpha value is -2.71. The molecule has 180 valence electrons. The van der Waals surface area contributed by atoms with Crippen LogP contribution in [0.1, 0.15) is 17.5 Å². The van der Waals surface area contributed by atoms with Crippen molar-refractivity contribution in [2.24, 2.45) is 0 Å². The number of ether oxygens (including phenoxy) is 1. The lowest BCUT2D eigenvalue weighted by Crippen LogP contribution is -2.37. The van der Waals surface area contributed by atoms with Gasteiger partial charge in [-0.2, -0.15) is 0 Å². The van der Waals surface area contributed by atoms with E-state index in [0.717, 1.165) is 41.5 Å². The second-order valence-electron chi connectivity index (χ2n) is 8.30. The summed E-state index contributed by atoms with van der Waals surface area (Å²) in [5, 5.41) is 4.86. The van der Waals surface area contributed by atoms with E-state index in [1.54, 1.807) is 24.3 Å². The van der Waals surface area contributed by atoms with Gasteiger partial charge in [-0.05, 0) is 63.9 Å². The number of nitrogens with zero attached hydrogens (tertiary/aromatic N) is 4. The van der Waals surface area contributed by atoms with Gasteiger partial charge in [0.15, 0.2) is 17.4 Å². The highest BCUT2D eigenvalue weighted by Gasteiger charge is 2.23. The van der Waals surface area contributed by atoms with Crippen molar-refractivity contribution in [3.63, 3.8) is 0 Å². The molecule has 0 amide bonds. The monoisotopic (exact) mass is 604 g/mol. The van der Waals surface area contributed by atoms with Crippen LogP contribution in [0.15, 0.2) is 78.9 Å². The summed E-state index contributed by atoms with van der Waals surface area (Å²) in [4.78, 5) is 4.32. The summed E-state index contributed by atoms with van der Waals surface area (Å²) >= 11 is 2.33. The highest BCUT2D eigenvalue weighted by molar-refractivity contribution is 14.2. The lowest BCUT2D eigenvalue weighted by Gasteiger charge is -2.32. The summed E-state index contributed by atoms with van der Waals surface area (Å²) in [5.74, 6) is 1.29. The number of benzene rings is 3. The third-order valence-electron chi connectivity index (χ3n) is 5.93. The zero-order valence-electron chi connectivity index (χ0n) is 18.9. The smallest absolute Gasteiger partial charge is 0.165 e. The van der Waals surface area contributed by atoms with Crippen LogP contribution in [0, 0.1) is 11.6 Å². The summed E-state index contributed by atoms with van der Waals surface area (Å²) in [6, 6.07) is 23.0. The molecular formula is C26H24F2IN4OP. The van der Waals surface area contributed by atoms with Crippen molar-refractivity contribution in [2.75, 3.05) is 22.9 Å². The van der Waals surface area contributed by atoms with Gasteiger partial charge in [0.2, 0.25) is 0 Å². The third kappa shape index (κ3) is 5.59. The largest absolute Gasteiger partial charge is 0.486 e. The van der Waals surface area contributed by atoms with Crippen LogP contribution in [0.25, 0.3) is 0 Å². The second-order valence-corrected chi connectivity index (χ2v) is 10.3. The quantitative estimate of drug-likeness (QED) is 0.151. The Kier molecular flexibility index (Phi) is 7.48. The lowest BCUT2D eigenvalue weighted by atomic mass is 10.1. The van der Waals surface area contributed by atoms with E-state index in [1.165, 1.54) is 24.6 Å². The van der Waals surface area contributed by atoms with Gasteiger partial charge in [0.05, 0.1) is 6.37 Å². The Morgan fingerprint density at radius 3 is 2.40 bits per heavy atom. The van der Waals surface area contributed by atoms with Crippen LogP contribution in [-0.4, -0.2) is 22.6 Å². The zero-order valence-corrected chi connectivity index (χ0v) is 22.0. The van der Waals surface area contributed by atoms with E-state index >= 15 is 0 Å². The molecule has 1 aromatic heterocycles. The normalized spacial score (nSPS) is 13.3. The van der Waals surface area contributed by atoms with Gasteiger partial charge in [-0.15, -0.1) is 5.10 Å². The highest BCUT2D eigenvalue weighted by Crippen LogP contribution is 2.38. The van der Waals surface area contributed by atoms with Crippen molar-refractivity contribution >= 4 is 45.7 Å². The zero-order chi connectivity index (χ0) is 24.2. The maximum Gasteiger partial charge on any atom is 0.165 e. The fraction of sp³-hybridized carbons (Fsp3) is 0.192. The molecule has 4 aromatic rings. The van der Waals surface area contributed by atoms with E-state index in [-0.39, 0.29) is 18.2 Å². The van der Waals surface area contributed by atoms with Gasteiger partial charge < -0.3 is 14.5 Å². The Labute approximate surface area is 218 Å². The lowest BCUT2D eigenvalue weighted by molar-refractivity contribution is 0.290. The number of aromatic nitrogens is 2. The van der Waals surface area contributed by atoms with Gasteiger partial charge in [-0.3, -0.25) is 0 Å². The number of anilines is 3. The number of rotatable bonds is 9. The topological polar surface area (TPSA) is 33.5 Å². The molecule has 0 radical (unpaired) electrons. The van der Waals surface area contributed by atoms with Gasteiger partial charge in [-0.1, -0.05) is 42.5 Å². The van der Waals surface area contributed by atoms with Gasteiger partial charge in [0.25, 0.3) is 0 Å². The fourth-order valence-corrected chi connectivity index (χ4v) is 5.40. The average Bonchev–Trinajstić information content (AvgIpc) is 3.26. The fourth-order valence-electron chi connectivity index (χ4n) is 3.91. The van der Waals surface area contributed by atoms with Crippen molar-refractivity contribution in [3.05, 3.63) is 102 Å². The minimum Gasteiger partial charge on any atom is -0.486 e. The molecule has 0 aliphatic carbocycles. The first kappa shape index (κ1) is 24.0. The van der Waals surface area contributed by atoms with Crippen LogP contribution in [0.3, 0.4) is 0 Å². The first-order valence-corrected chi connectivity index (χ1v) is 15.4. The molecule has 0 N–H and O–H groups in total. The molecule has 1 atom stereocenters.